The quantitative estimate of drug-likeness (QED) is 0.839. The summed E-state index contributed by atoms with van der Waals surface area (Å²) in [6.45, 7) is 8.58. The highest BCUT2D eigenvalue weighted by molar-refractivity contribution is 5.78. The molecule has 0 aromatic heterocycles. The molecular formula is C17H28N4O. The van der Waals surface area contributed by atoms with E-state index < -0.39 is 0 Å². The van der Waals surface area contributed by atoms with Gasteiger partial charge in [-0.25, -0.2) is 10.9 Å². The molecule has 1 amide bonds. The molecule has 1 aliphatic heterocycles. The van der Waals surface area contributed by atoms with Gasteiger partial charge in [-0.05, 0) is 31.1 Å². The summed E-state index contributed by atoms with van der Waals surface area (Å²) in [4.78, 5) is 16.3. The molecule has 5 heteroatoms. The first kappa shape index (κ1) is 16.9. The van der Waals surface area contributed by atoms with E-state index in [1.54, 1.807) is 0 Å². The monoisotopic (exact) mass is 304 g/mol. The standard InChI is InChI=1S/C17H28N4O/c1-5-21(6-2)12-17(22)20(4)16-11-15(18-19-16)14-10-8-7-9-13(14)3/h7-10,15-16,18-19H,5-6,11-12H2,1-4H3. The van der Waals surface area contributed by atoms with E-state index in [4.69, 9.17) is 0 Å². The Morgan fingerprint density at radius 1 is 1.23 bits per heavy atom. The number of nitrogens with one attached hydrogen (secondary N) is 2. The molecule has 122 valence electrons. The second kappa shape index (κ2) is 7.72. The van der Waals surface area contributed by atoms with Gasteiger partial charge in [0.25, 0.3) is 0 Å². The first-order valence-electron chi connectivity index (χ1n) is 8.11. The molecule has 5 nitrogen and oxygen atoms in total. The van der Waals surface area contributed by atoms with E-state index in [2.05, 4.69) is 60.8 Å². The van der Waals surface area contributed by atoms with Gasteiger partial charge in [0.05, 0.1) is 12.7 Å². The highest BCUT2D eigenvalue weighted by atomic mass is 16.2. The molecule has 0 aliphatic carbocycles. The van der Waals surface area contributed by atoms with Crippen LogP contribution in [0.3, 0.4) is 0 Å². The van der Waals surface area contributed by atoms with Crippen molar-refractivity contribution in [1.82, 2.24) is 20.7 Å². The van der Waals surface area contributed by atoms with Gasteiger partial charge in [0, 0.05) is 19.5 Å². The lowest BCUT2D eigenvalue weighted by Crippen LogP contribution is -2.48. The summed E-state index contributed by atoms with van der Waals surface area (Å²) in [6.07, 6.45) is 0.915. The van der Waals surface area contributed by atoms with Gasteiger partial charge in [0.2, 0.25) is 5.91 Å². The number of nitrogens with zero attached hydrogens (tertiary/aromatic N) is 2. The minimum Gasteiger partial charge on any atom is -0.328 e. The fourth-order valence-corrected chi connectivity index (χ4v) is 2.90. The fraction of sp³-hybridized carbons (Fsp3) is 0.588. The average Bonchev–Trinajstić information content (AvgIpc) is 3.01. The molecule has 2 atom stereocenters. The maximum Gasteiger partial charge on any atom is 0.237 e. The molecule has 1 fully saturated rings. The predicted octanol–water partition coefficient (Wildman–Crippen LogP) is 1.66. The Morgan fingerprint density at radius 3 is 2.55 bits per heavy atom. The van der Waals surface area contributed by atoms with Gasteiger partial charge in [0.1, 0.15) is 0 Å². The van der Waals surface area contributed by atoms with Crippen LogP contribution < -0.4 is 10.9 Å². The molecule has 0 radical (unpaired) electrons. The summed E-state index contributed by atoms with van der Waals surface area (Å²) in [5.41, 5.74) is 9.15. The third kappa shape index (κ3) is 3.85. The Bertz CT molecular complexity index is 501. The van der Waals surface area contributed by atoms with E-state index in [1.165, 1.54) is 11.1 Å². The molecule has 1 aliphatic rings. The summed E-state index contributed by atoms with van der Waals surface area (Å²) < 4.78 is 0. The molecule has 0 saturated carbocycles. The van der Waals surface area contributed by atoms with Gasteiger partial charge in [-0.2, -0.15) is 0 Å². The lowest BCUT2D eigenvalue weighted by molar-refractivity contribution is -0.133. The van der Waals surface area contributed by atoms with Gasteiger partial charge < -0.3 is 4.90 Å². The molecule has 22 heavy (non-hydrogen) atoms. The summed E-state index contributed by atoms with van der Waals surface area (Å²) in [5.74, 6) is 0.161. The van der Waals surface area contributed by atoms with Crippen molar-refractivity contribution in [3.05, 3.63) is 35.4 Å². The minimum absolute atomic E-state index is 0.0349. The number of rotatable bonds is 6. The smallest absolute Gasteiger partial charge is 0.237 e. The third-order valence-electron chi connectivity index (χ3n) is 4.56. The number of amides is 1. The SMILES string of the molecule is CCN(CC)CC(=O)N(C)C1CC(c2ccccc2C)NN1. The maximum atomic E-state index is 12.4. The number of hydrazine groups is 1. The van der Waals surface area contributed by atoms with Crippen LogP contribution in [0.5, 0.6) is 0 Å². The average molecular weight is 304 g/mol. The molecule has 0 spiro atoms. The topological polar surface area (TPSA) is 47.6 Å². The number of benzene rings is 1. The Balaban J connectivity index is 1.95. The van der Waals surface area contributed by atoms with Crippen LogP contribution >= 0.6 is 0 Å². The van der Waals surface area contributed by atoms with Crippen molar-refractivity contribution in [3.63, 3.8) is 0 Å². The van der Waals surface area contributed by atoms with Crippen molar-refractivity contribution in [2.24, 2.45) is 0 Å². The first-order valence-corrected chi connectivity index (χ1v) is 8.11. The number of carbonyl (C=O) groups excluding carboxylic acids is 1. The molecule has 2 rings (SSSR count). The Morgan fingerprint density at radius 2 is 1.91 bits per heavy atom. The molecule has 1 heterocycles. The molecule has 1 aromatic carbocycles. The summed E-state index contributed by atoms with van der Waals surface area (Å²) in [5, 5.41) is 0. The van der Waals surface area contributed by atoms with E-state index >= 15 is 0 Å². The van der Waals surface area contributed by atoms with E-state index in [0.717, 1.165) is 19.5 Å². The lowest BCUT2D eigenvalue weighted by atomic mass is 9.99. The van der Waals surface area contributed by atoms with Crippen LogP contribution in [-0.4, -0.2) is 48.6 Å². The van der Waals surface area contributed by atoms with E-state index in [9.17, 15) is 4.79 Å². The van der Waals surface area contributed by atoms with Crippen molar-refractivity contribution in [2.75, 3.05) is 26.7 Å². The van der Waals surface area contributed by atoms with Crippen LogP contribution in [0.1, 0.15) is 37.4 Å². The van der Waals surface area contributed by atoms with Crippen molar-refractivity contribution in [1.29, 1.82) is 0 Å². The van der Waals surface area contributed by atoms with E-state index in [-0.39, 0.29) is 18.1 Å². The zero-order valence-electron chi connectivity index (χ0n) is 14.1. The van der Waals surface area contributed by atoms with Crippen molar-refractivity contribution < 1.29 is 4.79 Å². The zero-order valence-corrected chi connectivity index (χ0v) is 14.1. The highest BCUT2D eigenvalue weighted by Crippen LogP contribution is 2.25. The van der Waals surface area contributed by atoms with Crippen LogP contribution in [0.15, 0.2) is 24.3 Å². The second-order valence-electron chi connectivity index (χ2n) is 5.92. The Labute approximate surface area is 133 Å². The molecule has 0 bridgehead atoms. The Hall–Kier alpha value is -1.43. The van der Waals surface area contributed by atoms with Gasteiger partial charge in [-0.15, -0.1) is 0 Å². The van der Waals surface area contributed by atoms with Crippen LogP contribution in [0.2, 0.25) is 0 Å². The number of likely N-dealkylation sites (N-methyl/N-ethyl adjacent to an activating group) is 2. The number of carbonyl (C=O) groups is 1. The second-order valence-corrected chi connectivity index (χ2v) is 5.92. The minimum atomic E-state index is 0.0349. The highest BCUT2D eigenvalue weighted by Gasteiger charge is 2.30. The molecule has 1 saturated heterocycles. The molecule has 2 N–H and O–H groups in total. The van der Waals surface area contributed by atoms with E-state index in [0.29, 0.717) is 6.54 Å². The van der Waals surface area contributed by atoms with Gasteiger partial charge in [0.15, 0.2) is 0 Å². The predicted molar refractivity (Wildman–Crippen MR) is 89.2 cm³/mol. The van der Waals surface area contributed by atoms with Gasteiger partial charge in [-0.3, -0.25) is 9.69 Å². The van der Waals surface area contributed by atoms with Crippen LogP contribution in [0.25, 0.3) is 0 Å². The molecular weight excluding hydrogens is 276 g/mol. The molecule has 1 aromatic rings. The van der Waals surface area contributed by atoms with Crippen LogP contribution in [-0.2, 0) is 4.79 Å². The summed E-state index contributed by atoms with van der Waals surface area (Å²) >= 11 is 0. The molecule has 2 unspecified atom stereocenters. The maximum absolute atomic E-state index is 12.4. The zero-order chi connectivity index (χ0) is 16.1. The normalized spacial score (nSPS) is 21.3. The van der Waals surface area contributed by atoms with E-state index in [1.807, 2.05) is 11.9 Å². The van der Waals surface area contributed by atoms with Crippen LogP contribution in [0, 0.1) is 6.92 Å². The number of hydrogen-bond acceptors (Lipinski definition) is 4. The van der Waals surface area contributed by atoms with Crippen molar-refractivity contribution in [3.8, 4) is 0 Å². The van der Waals surface area contributed by atoms with Gasteiger partial charge in [-0.1, -0.05) is 38.1 Å². The summed E-state index contributed by atoms with van der Waals surface area (Å²) in [6, 6.07) is 8.63. The van der Waals surface area contributed by atoms with Gasteiger partial charge >= 0.3 is 0 Å². The summed E-state index contributed by atoms with van der Waals surface area (Å²) in [7, 11) is 1.88. The largest absolute Gasteiger partial charge is 0.328 e. The number of hydrogen-bond donors (Lipinski definition) is 2. The number of aryl methyl sites for hydroxylation is 1. The van der Waals surface area contributed by atoms with Crippen LogP contribution in [0.4, 0.5) is 0 Å². The Kier molecular flexibility index (Phi) is 5.94. The first-order chi connectivity index (χ1) is 10.6. The fourth-order valence-electron chi connectivity index (χ4n) is 2.90. The third-order valence-corrected chi connectivity index (χ3v) is 4.56. The van der Waals surface area contributed by atoms with Crippen molar-refractivity contribution in [2.45, 2.75) is 39.4 Å². The van der Waals surface area contributed by atoms with Crippen molar-refractivity contribution >= 4 is 5.91 Å². The lowest BCUT2D eigenvalue weighted by Gasteiger charge is -2.27.